The van der Waals surface area contributed by atoms with E-state index in [1.807, 2.05) is 6.07 Å². The van der Waals surface area contributed by atoms with Crippen LogP contribution in [-0.2, 0) is 0 Å². The lowest BCUT2D eigenvalue weighted by Gasteiger charge is -2.09. The van der Waals surface area contributed by atoms with Crippen LogP contribution < -0.4 is 0 Å². The normalized spacial score (nSPS) is 11.4. The molecule has 0 saturated carbocycles. The van der Waals surface area contributed by atoms with Gasteiger partial charge in [-0.1, -0.05) is 45.7 Å². The van der Waals surface area contributed by atoms with E-state index in [4.69, 9.17) is 11.6 Å². The van der Waals surface area contributed by atoms with Gasteiger partial charge in [0.05, 0.1) is 5.02 Å². The van der Waals surface area contributed by atoms with Gasteiger partial charge in [0.2, 0.25) is 0 Å². The molecule has 0 bridgehead atoms. The molecule has 0 aliphatic rings. The van der Waals surface area contributed by atoms with Crippen LogP contribution in [0.1, 0.15) is 20.7 Å². The second kappa shape index (κ2) is 7.02. The van der Waals surface area contributed by atoms with Crippen LogP contribution in [0.15, 0.2) is 48.8 Å². The average molecular weight is 391 g/mol. The number of halogens is 3. The van der Waals surface area contributed by atoms with Crippen molar-refractivity contribution in [1.82, 2.24) is 4.98 Å². The van der Waals surface area contributed by atoms with Crippen molar-refractivity contribution in [3.8, 4) is 0 Å². The third-order valence-electron chi connectivity index (χ3n) is 2.35. The standard InChI is InChI=1S/C13H9BrClNO.BrH/c14-12(9-4-3-7-16-8-9)13(17)10-5-1-2-6-11(10)15;/h1-8,12H;1H. The molecule has 2 nitrogen and oxygen atoms in total. The molecular weight excluding hydrogens is 381 g/mol. The fourth-order valence-electron chi connectivity index (χ4n) is 1.47. The minimum atomic E-state index is -0.420. The Kier molecular flexibility index (Phi) is 5.99. The van der Waals surface area contributed by atoms with Crippen LogP contribution in [0, 0.1) is 0 Å². The fourth-order valence-corrected chi connectivity index (χ4v) is 2.22. The first-order chi connectivity index (χ1) is 8.20. The van der Waals surface area contributed by atoms with Gasteiger partial charge in [-0.05, 0) is 23.8 Å². The first-order valence-electron chi connectivity index (χ1n) is 5.03. The summed E-state index contributed by atoms with van der Waals surface area (Å²) in [5.74, 6) is -0.0661. The van der Waals surface area contributed by atoms with E-state index < -0.39 is 4.83 Å². The highest BCUT2D eigenvalue weighted by Gasteiger charge is 2.20. The highest BCUT2D eigenvalue weighted by atomic mass is 79.9. The molecule has 2 aromatic rings. The van der Waals surface area contributed by atoms with Crippen LogP contribution in [0.4, 0.5) is 0 Å². The number of carbonyl (C=O) groups excluding carboxylic acids is 1. The number of carbonyl (C=O) groups is 1. The molecule has 2 rings (SSSR count). The molecule has 0 spiro atoms. The maximum atomic E-state index is 12.2. The highest BCUT2D eigenvalue weighted by Crippen LogP contribution is 2.29. The molecule has 1 atom stereocenters. The largest absolute Gasteiger partial charge is 0.292 e. The van der Waals surface area contributed by atoms with Crippen molar-refractivity contribution in [2.75, 3.05) is 0 Å². The Balaban J connectivity index is 0.00000162. The fraction of sp³-hybridized carbons (Fsp3) is 0.0769. The van der Waals surface area contributed by atoms with Crippen LogP contribution in [-0.4, -0.2) is 10.8 Å². The van der Waals surface area contributed by atoms with Gasteiger partial charge in [-0.15, -0.1) is 17.0 Å². The molecule has 1 aromatic heterocycles. The lowest BCUT2D eigenvalue weighted by Crippen LogP contribution is -2.07. The summed E-state index contributed by atoms with van der Waals surface area (Å²) in [5, 5.41) is 0.464. The Bertz CT molecular complexity index is 534. The van der Waals surface area contributed by atoms with Crippen molar-refractivity contribution in [1.29, 1.82) is 0 Å². The SMILES string of the molecule is Br.O=C(c1ccccc1Cl)C(Br)c1cccnc1. The smallest absolute Gasteiger partial charge is 0.182 e. The van der Waals surface area contributed by atoms with Crippen molar-refractivity contribution in [2.45, 2.75) is 4.83 Å². The van der Waals surface area contributed by atoms with E-state index >= 15 is 0 Å². The number of hydrogen-bond acceptors (Lipinski definition) is 2. The third-order valence-corrected chi connectivity index (χ3v) is 3.62. The summed E-state index contributed by atoms with van der Waals surface area (Å²) in [6.07, 6.45) is 3.33. The molecule has 1 heterocycles. The lowest BCUT2D eigenvalue weighted by molar-refractivity contribution is 0.0991. The van der Waals surface area contributed by atoms with Gasteiger partial charge < -0.3 is 0 Å². The minimum Gasteiger partial charge on any atom is -0.292 e. The van der Waals surface area contributed by atoms with Gasteiger partial charge in [0.15, 0.2) is 5.78 Å². The first kappa shape index (κ1) is 15.3. The van der Waals surface area contributed by atoms with Crippen molar-refractivity contribution in [3.05, 3.63) is 64.9 Å². The van der Waals surface area contributed by atoms with Gasteiger partial charge in [0.1, 0.15) is 4.83 Å². The van der Waals surface area contributed by atoms with E-state index in [0.29, 0.717) is 10.6 Å². The number of hydrogen-bond donors (Lipinski definition) is 0. The molecule has 0 amide bonds. The Morgan fingerprint density at radius 2 is 1.94 bits per heavy atom. The molecule has 94 valence electrons. The molecule has 0 fully saturated rings. The predicted octanol–water partition coefficient (Wildman–Crippen LogP) is 4.63. The molecule has 5 heteroatoms. The number of ketones is 1. The second-order valence-corrected chi connectivity index (χ2v) is 4.82. The van der Waals surface area contributed by atoms with Gasteiger partial charge in [-0.2, -0.15) is 0 Å². The maximum Gasteiger partial charge on any atom is 0.182 e. The van der Waals surface area contributed by atoms with Crippen LogP contribution in [0.2, 0.25) is 5.02 Å². The van der Waals surface area contributed by atoms with Gasteiger partial charge in [-0.3, -0.25) is 9.78 Å². The Hall–Kier alpha value is -0.710. The van der Waals surface area contributed by atoms with Gasteiger partial charge >= 0.3 is 0 Å². The minimum absolute atomic E-state index is 0. The Morgan fingerprint density at radius 1 is 1.22 bits per heavy atom. The van der Waals surface area contributed by atoms with E-state index in [0.717, 1.165) is 5.56 Å². The van der Waals surface area contributed by atoms with Crippen LogP contribution in [0.5, 0.6) is 0 Å². The average Bonchev–Trinajstić information content (AvgIpc) is 2.39. The van der Waals surface area contributed by atoms with E-state index in [-0.39, 0.29) is 22.8 Å². The van der Waals surface area contributed by atoms with Crippen LogP contribution in [0.3, 0.4) is 0 Å². The summed E-state index contributed by atoms with van der Waals surface area (Å²) < 4.78 is 0. The van der Waals surface area contributed by atoms with E-state index in [1.54, 1.807) is 42.7 Å². The molecule has 0 N–H and O–H groups in total. The molecule has 18 heavy (non-hydrogen) atoms. The molecular formula is C13H10Br2ClNO. The summed E-state index contributed by atoms with van der Waals surface area (Å²) in [6.45, 7) is 0. The van der Waals surface area contributed by atoms with Crippen molar-refractivity contribution >= 4 is 50.3 Å². The summed E-state index contributed by atoms with van der Waals surface area (Å²) in [6, 6.07) is 10.7. The second-order valence-electron chi connectivity index (χ2n) is 3.49. The molecule has 0 aliphatic carbocycles. The molecule has 0 radical (unpaired) electrons. The van der Waals surface area contributed by atoms with Crippen LogP contribution in [0.25, 0.3) is 0 Å². The van der Waals surface area contributed by atoms with E-state index in [1.165, 1.54) is 0 Å². The van der Waals surface area contributed by atoms with Crippen LogP contribution >= 0.6 is 44.5 Å². The summed E-state index contributed by atoms with van der Waals surface area (Å²) >= 11 is 9.37. The summed E-state index contributed by atoms with van der Waals surface area (Å²) in [5.41, 5.74) is 1.33. The summed E-state index contributed by atoms with van der Waals surface area (Å²) in [4.78, 5) is 15.8. The number of Topliss-reactive ketones (excluding diaryl/α,β-unsaturated/α-hetero) is 1. The number of alkyl halides is 1. The van der Waals surface area contributed by atoms with Crippen molar-refractivity contribution in [2.24, 2.45) is 0 Å². The Morgan fingerprint density at radius 3 is 2.56 bits per heavy atom. The maximum absolute atomic E-state index is 12.2. The predicted molar refractivity (Wildman–Crippen MR) is 82.0 cm³/mol. The van der Waals surface area contributed by atoms with Gasteiger partial charge in [0, 0.05) is 18.0 Å². The van der Waals surface area contributed by atoms with Gasteiger partial charge in [-0.25, -0.2) is 0 Å². The molecule has 0 saturated heterocycles. The zero-order chi connectivity index (χ0) is 12.3. The lowest BCUT2D eigenvalue weighted by atomic mass is 10.0. The van der Waals surface area contributed by atoms with E-state index in [2.05, 4.69) is 20.9 Å². The Labute approximate surface area is 129 Å². The number of aromatic nitrogens is 1. The molecule has 1 unspecified atom stereocenters. The van der Waals surface area contributed by atoms with Gasteiger partial charge in [0.25, 0.3) is 0 Å². The monoisotopic (exact) mass is 389 g/mol. The van der Waals surface area contributed by atoms with Crippen molar-refractivity contribution < 1.29 is 4.79 Å². The number of nitrogens with zero attached hydrogens (tertiary/aromatic N) is 1. The zero-order valence-corrected chi connectivity index (χ0v) is 13.3. The molecule has 0 aliphatic heterocycles. The number of pyridine rings is 1. The summed E-state index contributed by atoms with van der Waals surface area (Å²) in [7, 11) is 0. The molecule has 1 aromatic carbocycles. The third kappa shape index (κ3) is 3.40. The zero-order valence-electron chi connectivity index (χ0n) is 9.22. The van der Waals surface area contributed by atoms with Crippen molar-refractivity contribution in [3.63, 3.8) is 0 Å². The first-order valence-corrected chi connectivity index (χ1v) is 6.32. The number of rotatable bonds is 3. The topological polar surface area (TPSA) is 30.0 Å². The van der Waals surface area contributed by atoms with E-state index in [9.17, 15) is 4.79 Å². The number of benzene rings is 1. The highest BCUT2D eigenvalue weighted by molar-refractivity contribution is 9.09. The quantitative estimate of drug-likeness (QED) is 0.564.